The third kappa shape index (κ3) is 3.44. The van der Waals surface area contributed by atoms with E-state index in [1.54, 1.807) is 0 Å². The van der Waals surface area contributed by atoms with Gasteiger partial charge in [0.05, 0.1) is 4.92 Å². The maximum Gasteiger partial charge on any atom is 0.319 e. The van der Waals surface area contributed by atoms with E-state index in [0.717, 1.165) is 6.42 Å². The summed E-state index contributed by atoms with van der Waals surface area (Å²) in [6, 6.07) is 4.46. The van der Waals surface area contributed by atoms with Crippen LogP contribution in [0.25, 0.3) is 0 Å². The van der Waals surface area contributed by atoms with Crippen molar-refractivity contribution in [2.75, 3.05) is 11.9 Å². The number of piperidine rings is 1. The quantitative estimate of drug-likeness (QED) is 0.565. The molecule has 3 N–H and O–H groups in total. The number of amides is 3. The molecule has 0 spiro atoms. The van der Waals surface area contributed by atoms with Crippen molar-refractivity contribution < 1.29 is 14.5 Å². The lowest BCUT2D eigenvalue weighted by Crippen LogP contribution is -2.51. The fourth-order valence-corrected chi connectivity index (χ4v) is 1.93. The Labute approximate surface area is 114 Å². The highest BCUT2D eigenvalue weighted by atomic mass is 16.6. The number of hydrogen-bond acceptors (Lipinski definition) is 4. The van der Waals surface area contributed by atoms with Crippen molar-refractivity contribution in [3.8, 4) is 0 Å². The molecule has 1 saturated heterocycles. The first-order chi connectivity index (χ1) is 9.56. The minimum Gasteiger partial charge on any atom is -0.354 e. The molecule has 8 nitrogen and oxygen atoms in total. The lowest BCUT2D eigenvalue weighted by atomic mass is 10.1. The van der Waals surface area contributed by atoms with Gasteiger partial charge in [-0.15, -0.1) is 0 Å². The van der Waals surface area contributed by atoms with Crippen molar-refractivity contribution in [3.63, 3.8) is 0 Å². The van der Waals surface area contributed by atoms with Crippen LogP contribution >= 0.6 is 0 Å². The van der Waals surface area contributed by atoms with E-state index in [0.29, 0.717) is 18.7 Å². The Bertz CT molecular complexity index is 546. The van der Waals surface area contributed by atoms with Crippen LogP contribution in [0.2, 0.25) is 0 Å². The third-order valence-corrected chi connectivity index (χ3v) is 2.91. The van der Waals surface area contributed by atoms with Gasteiger partial charge in [0, 0.05) is 24.4 Å². The summed E-state index contributed by atoms with van der Waals surface area (Å²) in [7, 11) is 0. The Morgan fingerprint density at radius 3 is 2.95 bits per heavy atom. The highest BCUT2D eigenvalue weighted by Gasteiger charge is 2.23. The van der Waals surface area contributed by atoms with E-state index < -0.39 is 17.0 Å². The molecule has 0 aliphatic carbocycles. The van der Waals surface area contributed by atoms with E-state index in [9.17, 15) is 19.7 Å². The zero-order valence-electron chi connectivity index (χ0n) is 10.6. The normalized spacial score (nSPS) is 18.0. The molecule has 1 heterocycles. The summed E-state index contributed by atoms with van der Waals surface area (Å²) in [5.41, 5.74) is 0.186. The molecule has 0 radical (unpaired) electrons. The number of non-ortho nitro benzene ring substituents is 1. The van der Waals surface area contributed by atoms with E-state index in [4.69, 9.17) is 0 Å². The van der Waals surface area contributed by atoms with Crippen molar-refractivity contribution in [1.29, 1.82) is 0 Å². The van der Waals surface area contributed by atoms with Gasteiger partial charge in [0.15, 0.2) is 0 Å². The maximum atomic E-state index is 11.7. The monoisotopic (exact) mass is 278 g/mol. The predicted octanol–water partition coefficient (Wildman–Crippen LogP) is 0.995. The van der Waals surface area contributed by atoms with Gasteiger partial charge in [0.2, 0.25) is 5.91 Å². The lowest BCUT2D eigenvalue weighted by molar-refractivity contribution is -0.384. The highest BCUT2D eigenvalue weighted by Crippen LogP contribution is 2.16. The number of benzene rings is 1. The molecule has 1 fully saturated rings. The Morgan fingerprint density at radius 2 is 2.25 bits per heavy atom. The number of rotatable bonds is 3. The molecule has 2 rings (SSSR count). The second-order valence-corrected chi connectivity index (χ2v) is 4.39. The summed E-state index contributed by atoms with van der Waals surface area (Å²) in [5.74, 6) is -0.217. The summed E-state index contributed by atoms with van der Waals surface area (Å²) >= 11 is 0. The van der Waals surface area contributed by atoms with Crippen LogP contribution in [-0.4, -0.2) is 29.4 Å². The molecular weight excluding hydrogens is 264 g/mol. The van der Waals surface area contributed by atoms with Gasteiger partial charge in [-0.3, -0.25) is 14.9 Å². The number of anilines is 1. The van der Waals surface area contributed by atoms with Crippen LogP contribution in [0.4, 0.5) is 16.2 Å². The lowest BCUT2D eigenvalue weighted by Gasteiger charge is -2.22. The molecule has 1 aromatic rings. The molecular formula is C12H14N4O4. The fourth-order valence-electron chi connectivity index (χ4n) is 1.93. The number of nitrogens with zero attached hydrogens (tertiary/aromatic N) is 1. The van der Waals surface area contributed by atoms with E-state index in [-0.39, 0.29) is 11.6 Å². The van der Waals surface area contributed by atoms with Gasteiger partial charge in [0.25, 0.3) is 5.69 Å². The average molecular weight is 278 g/mol. The Kier molecular flexibility index (Phi) is 4.14. The minimum absolute atomic E-state index is 0.113. The van der Waals surface area contributed by atoms with Crippen molar-refractivity contribution in [2.45, 2.75) is 18.9 Å². The Balaban J connectivity index is 1.95. The molecule has 0 aromatic heterocycles. The average Bonchev–Trinajstić information content (AvgIpc) is 2.41. The Hall–Kier alpha value is -2.64. The molecule has 106 valence electrons. The van der Waals surface area contributed by atoms with E-state index in [2.05, 4.69) is 16.0 Å². The van der Waals surface area contributed by atoms with Crippen LogP contribution in [0.5, 0.6) is 0 Å². The number of nitrogens with one attached hydrogen (secondary N) is 3. The van der Waals surface area contributed by atoms with Gasteiger partial charge in [-0.25, -0.2) is 4.79 Å². The summed E-state index contributed by atoms with van der Waals surface area (Å²) < 4.78 is 0. The fraction of sp³-hybridized carbons (Fsp3) is 0.333. The number of carbonyl (C=O) groups is 2. The van der Waals surface area contributed by atoms with Crippen LogP contribution in [0, 0.1) is 10.1 Å². The van der Waals surface area contributed by atoms with Gasteiger partial charge in [-0.05, 0) is 18.9 Å². The van der Waals surface area contributed by atoms with Gasteiger partial charge in [-0.2, -0.15) is 0 Å². The summed E-state index contributed by atoms with van der Waals surface area (Å²) in [5, 5.41) is 18.3. The first-order valence-corrected chi connectivity index (χ1v) is 6.16. The number of hydrogen-bond donors (Lipinski definition) is 3. The van der Waals surface area contributed by atoms with Crippen molar-refractivity contribution in [2.24, 2.45) is 0 Å². The Morgan fingerprint density at radius 1 is 1.45 bits per heavy atom. The molecule has 1 atom stereocenters. The number of urea groups is 1. The molecule has 3 amide bonds. The molecule has 20 heavy (non-hydrogen) atoms. The summed E-state index contributed by atoms with van der Waals surface area (Å²) in [6.07, 6.45) is 1.38. The van der Waals surface area contributed by atoms with Gasteiger partial charge in [-0.1, -0.05) is 6.07 Å². The predicted molar refractivity (Wildman–Crippen MR) is 71.3 cm³/mol. The van der Waals surface area contributed by atoms with Crippen molar-refractivity contribution >= 4 is 23.3 Å². The van der Waals surface area contributed by atoms with Crippen LogP contribution in [0.3, 0.4) is 0 Å². The van der Waals surface area contributed by atoms with Crippen molar-refractivity contribution in [1.82, 2.24) is 10.6 Å². The first-order valence-electron chi connectivity index (χ1n) is 6.16. The second kappa shape index (κ2) is 6.00. The number of nitro groups is 1. The topological polar surface area (TPSA) is 113 Å². The molecule has 0 saturated carbocycles. The molecule has 1 aromatic carbocycles. The van der Waals surface area contributed by atoms with Gasteiger partial charge < -0.3 is 16.0 Å². The standard InChI is InChI=1S/C12H14N4O4/c17-11-10(5-2-6-13-11)15-12(18)14-8-3-1-4-9(7-8)16(19)20/h1,3-4,7,10H,2,5-6H2,(H,13,17)(H2,14,15,18). The number of nitro benzene ring substituents is 1. The second-order valence-electron chi connectivity index (χ2n) is 4.39. The molecule has 1 unspecified atom stereocenters. The van der Waals surface area contributed by atoms with Gasteiger partial charge in [0.1, 0.15) is 6.04 Å². The molecule has 1 aliphatic heterocycles. The van der Waals surface area contributed by atoms with Crippen molar-refractivity contribution in [3.05, 3.63) is 34.4 Å². The molecule has 0 bridgehead atoms. The zero-order chi connectivity index (χ0) is 14.5. The molecule has 1 aliphatic rings. The smallest absolute Gasteiger partial charge is 0.319 e. The summed E-state index contributed by atoms with van der Waals surface area (Å²) in [6.45, 7) is 0.615. The maximum absolute atomic E-state index is 11.7. The van der Waals surface area contributed by atoms with Crippen LogP contribution in [0.1, 0.15) is 12.8 Å². The van der Waals surface area contributed by atoms with Crippen LogP contribution in [-0.2, 0) is 4.79 Å². The first kappa shape index (κ1) is 13.8. The largest absolute Gasteiger partial charge is 0.354 e. The van der Waals surface area contributed by atoms with E-state index in [1.807, 2.05) is 0 Å². The van der Waals surface area contributed by atoms with Gasteiger partial charge >= 0.3 is 6.03 Å². The summed E-state index contributed by atoms with van der Waals surface area (Å²) in [4.78, 5) is 33.3. The van der Waals surface area contributed by atoms with E-state index >= 15 is 0 Å². The van der Waals surface area contributed by atoms with Crippen LogP contribution < -0.4 is 16.0 Å². The minimum atomic E-state index is -0.567. The number of carbonyl (C=O) groups excluding carboxylic acids is 2. The van der Waals surface area contributed by atoms with E-state index in [1.165, 1.54) is 24.3 Å². The zero-order valence-corrected chi connectivity index (χ0v) is 10.6. The SMILES string of the molecule is O=C(Nc1cccc([N+](=O)[O-])c1)NC1CCCNC1=O. The molecule has 8 heteroatoms. The van der Waals surface area contributed by atoms with Crippen LogP contribution in [0.15, 0.2) is 24.3 Å². The third-order valence-electron chi connectivity index (χ3n) is 2.91. The highest BCUT2D eigenvalue weighted by molar-refractivity contribution is 5.94.